The van der Waals surface area contributed by atoms with Crippen LogP contribution < -0.4 is 5.32 Å². The van der Waals surface area contributed by atoms with Crippen molar-refractivity contribution >= 4 is 11.8 Å². The van der Waals surface area contributed by atoms with Gasteiger partial charge in [-0.3, -0.25) is 9.59 Å². The van der Waals surface area contributed by atoms with Crippen LogP contribution in [0.2, 0.25) is 0 Å². The number of carbonyl (C=O) groups is 2. The Hall–Kier alpha value is -2.62. The highest BCUT2D eigenvalue weighted by Crippen LogP contribution is 2.18. The van der Waals surface area contributed by atoms with Gasteiger partial charge in [0.25, 0.3) is 0 Å². The lowest BCUT2D eigenvalue weighted by atomic mass is 10.0. The summed E-state index contributed by atoms with van der Waals surface area (Å²) in [7, 11) is 0. The third-order valence-electron chi connectivity index (χ3n) is 5.18. The summed E-state index contributed by atoms with van der Waals surface area (Å²) in [6.07, 6.45) is 1.72. The Morgan fingerprint density at radius 3 is 2.25 bits per heavy atom. The highest BCUT2D eigenvalue weighted by Gasteiger charge is 2.30. The number of nitrogens with one attached hydrogen (secondary N) is 1. The molecule has 0 saturated heterocycles. The Morgan fingerprint density at radius 1 is 1.00 bits per heavy atom. The summed E-state index contributed by atoms with van der Waals surface area (Å²) in [5.74, 6) is -0.0999. The van der Waals surface area contributed by atoms with Gasteiger partial charge in [-0.2, -0.15) is 0 Å². The summed E-state index contributed by atoms with van der Waals surface area (Å²) in [6.45, 7) is 8.35. The van der Waals surface area contributed by atoms with E-state index in [4.69, 9.17) is 0 Å². The number of carbonyl (C=O) groups excluding carboxylic acids is 2. The van der Waals surface area contributed by atoms with Crippen LogP contribution >= 0.6 is 0 Å². The number of hydrogen-bond donors (Lipinski definition) is 1. The summed E-state index contributed by atoms with van der Waals surface area (Å²) in [6, 6.07) is 17.5. The summed E-state index contributed by atoms with van der Waals surface area (Å²) >= 11 is 0. The van der Waals surface area contributed by atoms with Crippen LogP contribution in [0, 0.1) is 6.92 Å². The molecule has 0 fully saturated rings. The van der Waals surface area contributed by atoms with Crippen LogP contribution in [0.5, 0.6) is 0 Å². The summed E-state index contributed by atoms with van der Waals surface area (Å²) in [5, 5.41) is 3.08. The molecule has 2 aromatic carbocycles. The minimum atomic E-state index is -0.538. The van der Waals surface area contributed by atoms with Crippen molar-refractivity contribution in [3.63, 3.8) is 0 Å². The molecule has 1 N–H and O–H groups in total. The molecule has 2 rings (SSSR count). The normalized spacial score (nSPS) is 12.9. The molecule has 2 amide bonds. The van der Waals surface area contributed by atoms with Gasteiger partial charge < -0.3 is 10.2 Å². The van der Waals surface area contributed by atoms with Crippen molar-refractivity contribution in [3.05, 3.63) is 71.3 Å². The predicted octanol–water partition coefficient (Wildman–Crippen LogP) is 4.26. The number of aryl methyl sites for hydroxylation is 1. The second kappa shape index (κ2) is 10.6. The van der Waals surface area contributed by atoms with Gasteiger partial charge in [0, 0.05) is 25.4 Å². The Kier molecular flexibility index (Phi) is 8.24. The number of benzene rings is 2. The molecular weight excluding hydrogens is 348 g/mol. The van der Waals surface area contributed by atoms with E-state index in [0.717, 1.165) is 23.1 Å². The van der Waals surface area contributed by atoms with E-state index in [1.165, 1.54) is 0 Å². The summed E-state index contributed by atoms with van der Waals surface area (Å²) in [4.78, 5) is 27.8. The third-order valence-corrected chi connectivity index (χ3v) is 5.18. The fourth-order valence-electron chi connectivity index (χ4n) is 3.17. The van der Waals surface area contributed by atoms with Crippen LogP contribution in [0.3, 0.4) is 0 Å². The monoisotopic (exact) mass is 380 g/mol. The third kappa shape index (κ3) is 5.95. The molecule has 0 heterocycles. The lowest BCUT2D eigenvalue weighted by Crippen LogP contribution is -2.52. The van der Waals surface area contributed by atoms with Crippen LogP contribution in [-0.2, 0) is 22.6 Å². The Balaban J connectivity index is 2.37. The summed E-state index contributed by atoms with van der Waals surface area (Å²) < 4.78 is 0. The van der Waals surface area contributed by atoms with Gasteiger partial charge in [-0.05, 0) is 37.0 Å². The molecule has 0 unspecified atom stereocenters. The lowest BCUT2D eigenvalue weighted by Gasteiger charge is -2.32. The maximum Gasteiger partial charge on any atom is 0.243 e. The topological polar surface area (TPSA) is 49.4 Å². The van der Waals surface area contributed by atoms with Crippen LogP contribution in [0.15, 0.2) is 54.6 Å². The van der Waals surface area contributed by atoms with Gasteiger partial charge in [0.05, 0.1) is 0 Å². The van der Waals surface area contributed by atoms with Crippen molar-refractivity contribution in [2.45, 2.75) is 65.6 Å². The molecule has 0 aliphatic rings. The molecule has 0 saturated carbocycles. The molecule has 0 bridgehead atoms. The largest absolute Gasteiger partial charge is 0.352 e. The van der Waals surface area contributed by atoms with Crippen LogP contribution in [0.1, 0.15) is 50.3 Å². The van der Waals surface area contributed by atoms with Crippen molar-refractivity contribution in [2.75, 3.05) is 0 Å². The Bertz CT molecular complexity index is 773. The minimum Gasteiger partial charge on any atom is -0.352 e. The highest BCUT2D eigenvalue weighted by molar-refractivity contribution is 5.88. The first-order chi connectivity index (χ1) is 13.5. The van der Waals surface area contributed by atoms with Crippen molar-refractivity contribution in [1.29, 1.82) is 0 Å². The van der Waals surface area contributed by atoms with E-state index in [9.17, 15) is 9.59 Å². The first kappa shape index (κ1) is 21.7. The first-order valence-corrected chi connectivity index (χ1v) is 10.1. The number of nitrogens with zero attached hydrogens (tertiary/aromatic N) is 1. The van der Waals surface area contributed by atoms with Gasteiger partial charge in [-0.1, -0.05) is 68.4 Å². The zero-order valence-electron chi connectivity index (χ0n) is 17.4. The van der Waals surface area contributed by atoms with Gasteiger partial charge in [0.15, 0.2) is 0 Å². The predicted molar refractivity (Wildman–Crippen MR) is 114 cm³/mol. The highest BCUT2D eigenvalue weighted by atomic mass is 16.2. The van der Waals surface area contributed by atoms with Crippen molar-refractivity contribution in [3.8, 4) is 0 Å². The quantitative estimate of drug-likeness (QED) is 0.707. The van der Waals surface area contributed by atoms with E-state index in [1.54, 1.807) is 4.90 Å². The van der Waals surface area contributed by atoms with E-state index in [-0.39, 0.29) is 17.9 Å². The zero-order chi connectivity index (χ0) is 20.5. The maximum absolute atomic E-state index is 13.1. The molecule has 0 aliphatic carbocycles. The molecule has 0 radical (unpaired) electrons. The molecule has 0 aromatic heterocycles. The number of amides is 2. The maximum atomic E-state index is 13.1. The van der Waals surface area contributed by atoms with Gasteiger partial charge in [0.1, 0.15) is 6.04 Å². The SMILES string of the molecule is CCC(=O)N(Cc1ccccc1C)[C@@H](Cc1ccccc1)C(=O)N[C@@H](C)CC. The second-order valence-electron chi connectivity index (χ2n) is 7.33. The molecule has 0 spiro atoms. The average molecular weight is 381 g/mol. The smallest absolute Gasteiger partial charge is 0.243 e. The second-order valence-corrected chi connectivity index (χ2v) is 7.33. The molecule has 0 aliphatic heterocycles. The van der Waals surface area contributed by atoms with E-state index >= 15 is 0 Å². The molecule has 4 heteroatoms. The number of hydrogen-bond acceptors (Lipinski definition) is 2. The van der Waals surface area contributed by atoms with Gasteiger partial charge in [0.2, 0.25) is 11.8 Å². The molecule has 4 nitrogen and oxygen atoms in total. The first-order valence-electron chi connectivity index (χ1n) is 10.1. The molecule has 28 heavy (non-hydrogen) atoms. The van der Waals surface area contributed by atoms with Crippen molar-refractivity contribution in [2.24, 2.45) is 0 Å². The molecule has 2 atom stereocenters. The Morgan fingerprint density at radius 2 is 1.64 bits per heavy atom. The molecule has 150 valence electrons. The molecule has 2 aromatic rings. The van der Waals surface area contributed by atoms with Gasteiger partial charge >= 0.3 is 0 Å². The Labute approximate surface area is 169 Å². The average Bonchev–Trinajstić information content (AvgIpc) is 2.71. The van der Waals surface area contributed by atoms with E-state index in [2.05, 4.69) is 5.32 Å². The van der Waals surface area contributed by atoms with Crippen LogP contribution in [-0.4, -0.2) is 28.8 Å². The fourth-order valence-corrected chi connectivity index (χ4v) is 3.17. The van der Waals surface area contributed by atoms with E-state index in [1.807, 2.05) is 82.3 Å². The lowest BCUT2D eigenvalue weighted by molar-refractivity contribution is -0.141. The summed E-state index contributed by atoms with van der Waals surface area (Å²) in [5.41, 5.74) is 3.24. The van der Waals surface area contributed by atoms with Crippen molar-refractivity contribution < 1.29 is 9.59 Å². The van der Waals surface area contributed by atoms with Gasteiger partial charge in [-0.15, -0.1) is 0 Å². The number of rotatable bonds is 9. The van der Waals surface area contributed by atoms with Crippen LogP contribution in [0.4, 0.5) is 0 Å². The van der Waals surface area contributed by atoms with Gasteiger partial charge in [-0.25, -0.2) is 0 Å². The molecular formula is C24H32N2O2. The zero-order valence-corrected chi connectivity index (χ0v) is 17.4. The van der Waals surface area contributed by atoms with Crippen LogP contribution in [0.25, 0.3) is 0 Å². The fraction of sp³-hybridized carbons (Fsp3) is 0.417. The van der Waals surface area contributed by atoms with E-state index < -0.39 is 6.04 Å². The standard InChI is InChI=1S/C24H32N2O2/c1-5-19(4)25-24(28)22(16-20-13-8-7-9-14-20)26(23(27)6-2)17-21-15-11-10-12-18(21)3/h7-15,19,22H,5-6,16-17H2,1-4H3,(H,25,28)/t19-,22-/m0/s1. The minimum absolute atomic E-state index is 0.0107. The van der Waals surface area contributed by atoms with E-state index in [0.29, 0.717) is 19.4 Å². The van der Waals surface area contributed by atoms with Crippen molar-refractivity contribution in [1.82, 2.24) is 10.2 Å².